The zero-order valence-corrected chi connectivity index (χ0v) is 13.1. The summed E-state index contributed by atoms with van der Waals surface area (Å²) >= 11 is 0. The van der Waals surface area contributed by atoms with Crippen molar-refractivity contribution < 1.29 is 35.9 Å². The van der Waals surface area contributed by atoms with Crippen molar-refractivity contribution in [3.05, 3.63) is 30.3 Å². The summed E-state index contributed by atoms with van der Waals surface area (Å²) in [5.74, 6) is -2.03. The van der Waals surface area contributed by atoms with E-state index in [1.54, 1.807) is 6.07 Å². The van der Waals surface area contributed by atoms with E-state index in [2.05, 4.69) is 9.46 Å². The van der Waals surface area contributed by atoms with Crippen LogP contribution in [0.3, 0.4) is 0 Å². The van der Waals surface area contributed by atoms with E-state index in [0.717, 1.165) is 0 Å². The van der Waals surface area contributed by atoms with Gasteiger partial charge < -0.3 is 10.1 Å². The molecule has 0 heterocycles. The summed E-state index contributed by atoms with van der Waals surface area (Å²) in [5.41, 5.74) is 0. The lowest BCUT2D eigenvalue weighted by molar-refractivity contribution is -0.151. The fraction of sp³-hybridized carbons (Fsp3) is 0.385. The average Bonchev–Trinajstić information content (AvgIpc) is 2.51. The molecule has 0 saturated heterocycles. The van der Waals surface area contributed by atoms with Crippen LogP contribution in [0.2, 0.25) is 0 Å². The Morgan fingerprint density at radius 2 is 1.75 bits per heavy atom. The Bertz CT molecular complexity index is 662. The van der Waals surface area contributed by atoms with Crippen molar-refractivity contribution in [3.63, 3.8) is 0 Å². The summed E-state index contributed by atoms with van der Waals surface area (Å²) in [6.45, 7) is -2.68. The molecule has 0 atom stereocenters. The van der Waals surface area contributed by atoms with Crippen LogP contribution in [-0.2, 0) is 24.3 Å². The highest BCUT2D eigenvalue weighted by atomic mass is 32.2. The molecule has 0 aliphatic rings. The van der Waals surface area contributed by atoms with Gasteiger partial charge in [-0.2, -0.15) is 13.2 Å². The molecule has 0 bridgehead atoms. The zero-order valence-electron chi connectivity index (χ0n) is 12.3. The third-order valence-electron chi connectivity index (χ3n) is 2.52. The molecule has 0 aliphatic heterocycles. The molecule has 7 nitrogen and oxygen atoms in total. The van der Waals surface area contributed by atoms with Gasteiger partial charge in [-0.05, 0) is 12.1 Å². The van der Waals surface area contributed by atoms with E-state index in [9.17, 15) is 31.2 Å². The monoisotopic (exact) mass is 368 g/mol. The third kappa shape index (κ3) is 7.92. The number of sulfonamides is 1. The van der Waals surface area contributed by atoms with Crippen LogP contribution in [0.1, 0.15) is 6.42 Å². The number of nitrogens with one attached hydrogen (secondary N) is 2. The maximum atomic E-state index is 11.8. The van der Waals surface area contributed by atoms with Gasteiger partial charge in [0.05, 0.1) is 11.3 Å². The minimum Gasteiger partial charge on any atom is -0.456 e. The zero-order chi connectivity index (χ0) is 18.2. The molecule has 0 aliphatic carbocycles. The lowest BCUT2D eigenvalue weighted by Gasteiger charge is -2.09. The second kappa shape index (κ2) is 8.64. The summed E-state index contributed by atoms with van der Waals surface area (Å²) in [4.78, 5) is 22.3. The number of rotatable bonds is 8. The standard InChI is InChI=1S/C13H15F3N2O5S/c14-13(15,16)9-17-11(19)8-23-12(20)6-7-18-24(21,22)10-4-2-1-3-5-10/h1-5,18H,6-9H2,(H,17,19). The summed E-state index contributed by atoms with van der Waals surface area (Å²) in [6.07, 6.45) is -4.94. The number of halogens is 3. The number of esters is 1. The molecule has 0 saturated carbocycles. The smallest absolute Gasteiger partial charge is 0.405 e. The predicted octanol–water partition coefficient (Wildman–Crippen LogP) is 0.577. The first kappa shape index (κ1) is 19.9. The van der Waals surface area contributed by atoms with Crippen molar-refractivity contribution in [2.45, 2.75) is 17.5 Å². The Morgan fingerprint density at radius 1 is 1.12 bits per heavy atom. The second-order valence-electron chi connectivity index (χ2n) is 4.51. The normalized spacial score (nSPS) is 11.8. The first-order valence-corrected chi connectivity index (χ1v) is 8.12. The number of amides is 1. The Labute approximate surface area is 136 Å². The van der Waals surface area contributed by atoms with Gasteiger partial charge in [0.2, 0.25) is 10.0 Å². The highest BCUT2D eigenvalue weighted by molar-refractivity contribution is 7.89. The first-order chi connectivity index (χ1) is 11.1. The summed E-state index contributed by atoms with van der Waals surface area (Å²) in [7, 11) is -3.77. The largest absolute Gasteiger partial charge is 0.456 e. The molecule has 134 valence electrons. The predicted molar refractivity (Wildman–Crippen MR) is 76.3 cm³/mol. The van der Waals surface area contributed by atoms with Crippen LogP contribution in [0.15, 0.2) is 35.2 Å². The minimum atomic E-state index is -4.56. The van der Waals surface area contributed by atoms with E-state index in [-0.39, 0.29) is 17.9 Å². The number of benzene rings is 1. The molecule has 1 aromatic carbocycles. The van der Waals surface area contributed by atoms with E-state index in [1.807, 2.05) is 0 Å². The number of ether oxygens (including phenoxy) is 1. The molecule has 0 fully saturated rings. The Morgan fingerprint density at radius 3 is 2.33 bits per heavy atom. The molecule has 24 heavy (non-hydrogen) atoms. The van der Waals surface area contributed by atoms with Crippen molar-refractivity contribution in [2.24, 2.45) is 0 Å². The Balaban J connectivity index is 2.28. The third-order valence-corrected chi connectivity index (χ3v) is 4.00. The summed E-state index contributed by atoms with van der Waals surface area (Å²) < 4.78 is 65.8. The van der Waals surface area contributed by atoms with E-state index < -0.39 is 41.2 Å². The highest BCUT2D eigenvalue weighted by Gasteiger charge is 2.27. The second-order valence-corrected chi connectivity index (χ2v) is 6.28. The molecule has 11 heteroatoms. The van der Waals surface area contributed by atoms with E-state index in [4.69, 9.17) is 0 Å². The van der Waals surface area contributed by atoms with E-state index in [0.29, 0.717) is 0 Å². The lowest BCUT2D eigenvalue weighted by Crippen LogP contribution is -2.36. The minimum absolute atomic E-state index is 0.0184. The summed E-state index contributed by atoms with van der Waals surface area (Å²) in [6, 6.07) is 7.43. The van der Waals surface area contributed by atoms with Crippen LogP contribution in [0.5, 0.6) is 0 Å². The average molecular weight is 368 g/mol. The molecule has 0 radical (unpaired) electrons. The first-order valence-electron chi connectivity index (χ1n) is 6.64. The van der Waals surface area contributed by atoms with Crippen LogP contribution in [0.25, 0.3) is 0 Å². The number of hydrogen-bond acceptors (Lipinski definition) is 5. The lowest BCUT2D eigenvalue weighted by atomic mass is 10.4. The number of carbonyl (C=O) groups is 2. The SMILES string of the molecule is O=C(COC(=O)CCNS(=O)(=O)c1ccccc1)NCC(F)(F)F. The fourth-order valence-electron chi connectivity index (χ4n) is 1.44. The van der Waals surface area contributed by atoms with Crippen LogP contribution >= 0.6 is 0 Å². The van der Waals surface area contributed by atoms with Crippen molar-refractivity contribution in [2.75, 3.05) is 19.7 Å². The quantitative estimate of drug-likeness (QED) is 0.654. The van der Waals surface area contributed by atoms with E-state index >= 15 is 0 Å². The molecular weight excluding hydrogens is 353 g/mol. The van der Waals surface area contributed by atoms with Gasteiger partial charge in [-0.25, -0.2) is 13.1 Å². The topological polar surface area (TPSA) is 102 Å². The van der Waals surface area contributed by atoms with Gasteiger partial charge in [-0.1, -0.05) is 18.2 Å². The van der Waals surface area contributed by atoms with Gasteiger partial charge in [0.25, 0.3) is 5.91 Å². The number of carbonyl (C=O) groups excluding carboxylic acids is 2. The summed E-state index contributed by atoms with van der Waals surface area (Å²) in [5, 5.41) is 1.53. The number of alkyl halides is 3. The molecule has 1 rings (SSSR count). The van der Waals surface area contributed by atoms with Gasteiger partial charge in [0.15, 0.2) is 6.61 Å². The van der Waals surface area contributed by atoms with Gasteiger partial charge >= 0.3 is 12.1 Å². The van der Waals surface area contributed by atoms with Crippen molar-refractivity contribution in [3.8, 4) is 0 Å². The molecule has 0 unspecified atom stereocenters. The van der Waals surface area contributed by atoms with Gasteiger partial charge in [-0.15, -0.1) is 0 Å². The van der Waals surface area contributed by atoms with Gasteiger partial charge in [0, 0.05) is 6.54 Å². The maximum absolute atomic E-state index is 11.8. The Hall–Kier alpha value is -2.14. The molecule has 2 N–H and O–H groups in total. The molecule has 0 spiro atoms. The van der Waals surface area contributed by atoms with Crippen LogP contribution in [0.4, 0.5) is 13.2 Å². The fourth-order valence-corrected chi connectivity index (χ4v) is 2.49. The van der Waals surface area contributed by atoms with Crippen LogP contribution in [-0.4, -0.2) is 46.2 Å². The van der Waals surface area contributed by atoms with E-state index in [1.165, 1.54) is 29.6 Å². The molecule has 1 amide bonds. The highest BCUT2D eigenvalue weighted by Crippen LogP contribution is 2.12. The number of hydrogen-bond donors (Lipinski definition) is 2. The Kier molecular flexibility index (Phi) is 7.17. The van der Waals surface area contributed by atoms with Crippen LogP contribution < -0.4 is 10.0 Å². The van der Waals surface area contributed by atoms with Gasteiger partial charge in [-0.3, -0.25) is 9.59 Å². The van der Waals surface area contributed by atoms with Crippen molar-refractivity contribution in [1.82, 2.24) is 10.0 Å². The molecular formula is C13H15F3N2O5S. The van der Waals surface area contributed by atoms with Crippen LogP contribution in [0, 0.1) is 0 Å². The maximum Gasteiger partial charge on any atom is 0.405 e. The van der Waals surface area contributed by atoms with Gasteiger partial charge in [0.1, 0.15) is 6.54 Å². The van der Waals surface area contributed by atoms with Crippen molar-refractivity contribution in [1.29, 1.82) is 0 Å². The van der Waals surface area contributed by atoms with Crippen molar-refractivity contribution >= 4 is 21.9 Å². The molecule has 0 aromatic heterocycles. The molecule has 1 aromatic rings.